The lowest BCUT2D eigenvalue weighted by atomic mass is 10.3. The monoisotopic (exact) mass is 279 g/mol. The molecule has 0 saturated heterocycles. The third-order valence-corrected chi connectivity index (χ3v) is 2.54. The fourth-order valence-corrected chi connectivity index (χ4v) is 1.58. The fourth-order valence-electron chi connectivity index (χ4n) is 1.23. The summed E-state index contributed by atoms with van der Waals surface area (Å²) in [4.78, 5) is 32.1. The maximum atomic E-state index is 11.5. The molecule has 1 unspecified atom stereocenters. The van der Waals surface area contributed by atoms with Crippen LogP contribution in [0.25, 0.3) is 0 Å². The number of anilines is 1. The highest BCUT2D eigenvalue weighted by Gasteiger charge is 2.17. The van der Waals surface area contributed by atoms with Crippen LogP contribution in [-0.2, 0) is 9.30 Å². The standard InChI is InChI=1S/C8H14N3O6P/c9-7-1-2-11(8(13)10-7)6(3-12)4-17-5-18(14,15)16/h1-2,6,12H,3-5H2,(H2,9,10,13)(H2,14,15,16). The lowest BCUT2D eigenvalue weighted by Crippen LogP contribution is -2.31. The van der Waals surface area contributed by atoms with Crippen LogP contribution in [0.2, 0.25) is 0 Å². The quantitative estimate of drug-likeness (QED) is 0.460. The largest absolute Gasteiger partial charge is 0.394 e. The van der Waals surface area contributed by atoms with Gasteiger partial charge in [0.15, 0.2) is 0 Å². The minimum Gasteiger partial charge on any atom is -0.394 e. The highest BCUT2D eigenvalue weighted by molar-refractivity contribution is 7.51. The number of aromatic nitrogens is 2. The highest BCUT2D eigenvalue weighted by atomic mass is 31.2. The van der Waals surface area contributed by atoms with Crippen molar-refractivity contribution in [2.24, 2.45) is 0 Å². The molecule has 1 aromatic rings. The van der Waals surface area contributed by atoms with E-state index in [1.807, 2.05) is 0 Å². The Bertz CT molecular complexity index is 498. The maximum absolute atomic E-state index is 11.5. The van der Waals surface area contributed by atoms with Crippen LogP contribution < -0.4 is 11.4 Å². The number of hydrogen-bond donors (Lipinski definition) is 4. The number of nitrogens with two attached hydrogens (primary N) is 1. The minimum absolute atomic E-state index is 0.0454. The van der Waals surface area contributed by atoms with E-state index >= 15 is 0 Å². The molecule has 0 aliphatic carbocycles. The van der Waals surface area contributed by atoms with Gasteiger partial charge in [-0.05, 0) is 6.07 Å². The van der Waals surface area contributed by atoms with E-state index < -0.39 is 32.3 Å². The predicted molar refractivity (Wildman–Crippen MR) is 61.9 cm³/mol. The Morgan fingerprint density at radius 3 is 2.72 bits per heavy atom. The van der Waals surface area contributed by atoms with Gasteiger partial charge in [0.05, 0.1) is 19.3 Å². The Morgan fingerprint density at radius 2 is 2.22 bits per heavy atom. The van der Waals surface area contributed by atoms with Gasteiger partial charge in [0.25, 0.3) is 0 Å². The fraction of sp³-hybridized carbons (Fsp3) is 0.500. The summed E-state index contributed by atoms with van der Waals surface area (Å²) >= 11 is 0. The molecule has 1 rings (SSSR count). The molecular weight excluding hydrogens is 265 g/mol. The molecule has 0 amide bonds. The van der Waals surface area contributed by atoms with E-state index in [0.29, 0.717) is 0 Å². The Morgan fingerprint density at radius 1 is 1.56 bits per heavy atom. The number of rotatable bonds is 6. The maximum Gasteiger partial charge on any atom is 0.350 e. The topological polar surface area (TPSA) is 148 Å². The molecular formula is C8H14N3O6P. The average molecular weight is 279 g/mol. The van der Waals surface area contributed by atoms with Crippen molar-refractivity contribution >= 4 is 13.4 Å². The summed E-state index contributed by atoms with van der Waals surface area (Å²) in [5.41, 5.74) is 4.63. The number of aliphatic hydroxyl groups is 1. The zero-order valence-corrected chi connectivity index (χ0v) is 10.2. The lowest BCUT2D eigenvalue weighted by molar-refractivity contribution is 0.0918. The van der Waals surface area contributed by atoms with Gasteiger partial charge in [-0.2, -0.15) is 4.98 Å². The third kappa shape index (κ3) is 4.55. The average Bonchev–Trinajstić information content (AvgIpc) is 2.24. The van der Waals surface area contributed by atoms with E-state index in [1.54, 1.807) is 0 Å². The van der Waals surface area contributed by atoms with E-state index in [-0.39, 0.29) is 12.4 Å². The van der Waals surface area contributed by atoms with Crippen LogP contribution >= 0.6 is 7.60 Å². The third-order valence-electron chi connectivity index (χ3n) is 2.03. The zero-order chi connectivity index (χ0) is 13.8. The first-order chi connectivity index (χ1) is 8.33. The molecule has 1 heterocycles. The van der Waals surface area contributed by atoms with E-state index in [0.717, 1.165) is 4.57 Å². The molecule has 0 radical (unpaired) electrons. The predicted octanol–water partition coefficient (Wildman–Crippen LogP) is -1.49. The SMILES string of the molecule is Nc1ccn(C(CO)COCP(=O)(O)O)c(=O)n1. The van der Waals surface area contributed by atoms with Crippen molar-refractivity contribution in [3.63, 3.8) is 0 Å². The second-order valence-corrected chi connectivity index (χ2v) is 5.13. The number of aliphatic hydroxyl groups excluding tert-OH is 1. The number of nitrogens with zero attached hydrogens (tertiary/aromatic N) is 2. The second-order valence-electron chi connectivity index (χ2n) is 3.54. The molecule has 0 fully saturated rings. The van der Waals surface area contributed by atoms with Gasteiger partial charge in [-0.25, -0.2) is 4.79 Å². The van der Waals surface area contributed by atoms with Gasteiger partial charge in [0.1, 0.15) is 12.2 Å². The van der Waals surface area contributed by atoms with Crippen molar-refractivity contribution in [1.82, 2.24) is 9.55 Å². The molecule has 0 spiro atoms. The van der Waals surface area contributed by atoms with E-state index in [1.165, 1.54) is 12.3 Å². The van der Waals surface area contributed by atoms with Gasteiger partial charge in [-0.1, -0.05) is 0 Å². The molecule has 0 aliphatic heterocycles. The van der Waals surface area contributed by atoms with Crippen molar-refractivity contribution in [2.75, 3.05) is 25.3 Å². The molecule has 10 heteroatoms. The summed E-state index contributed by atoms with van der Waals surface area (Å²) in [6, 6.07) is 0.588. The second kappa shape index (κ2) is 6.07. The zero-order valence-electron chi connectivity index (χ0n) is 9.34. The first-order valence-corrected chi connectivity index (χ1v) is 6.71. The van der Waals surface area contributed by atoms with Gasteiger partial charge < -0.3 is 25.4 Å². The Kier molecular flexibility index (Phi) is 5.00. The van der Waals surface area contributed by atoms with Crippen LogP contribution in [0.4, 0.5) is 5.82 Å². The summed E-state index contributed by atoms with van der Waals surface area (Å²) < 4.78 is 16.4. The molecule has 9 nitrogen and oxygen atoms in total. The minimum atomic E-state index is -4.27. The molecule has 1 atom stereocenters. The van der Waals surface area contributed by atoms with Crippen LogP contribution in [0.5, 0.6) is 0 Å². The summed E-state index contributed by atoms with van der Waals surface area (Å²) in [6.45, 7) is -0.667. The molecule has 18 heavy (non-hydrogen) atoms. The number of hydrogen-bond acceptors (Lipinski definition) is 6. The summed E-state index contributed by atoms with van der Waals surface area (Å²) in [5, 5.41) is 9.11. The van der Waals surface area contributed by atoms with E-state index in [4.69, 9.17) is 25.4 Å². The van der Waals surface area contributed by atoms with Crippen molar-refractivity contribution in [3.05, 3.63) is 22.7 Å². The molecule has 102 valence electrons. The Labute approximate surface area is 102 Å². The number of ether oxygens (including phenoxy) is 1. The lowest BCUT2D eigenvalue weighted by Gasteiger charge is -2.17. The van der Waals surface area contributed by atoms with E-state index in [9.17, 15) is 9.36 Å². The summed E-state index contributed by atoms with van der Waals surface area (Å²) in [5.74, 6) is 0.0454. The molecule has 0 bridgehead atoms. The molecule has 0 aromatic carbocycles. The number of nitrogen functional groups attached to an aromatic ring is 1. The molecule has 0 saturated carbocycles. The summed E-state index contributed by atoms with van der Waals surface area (Å²) in [7, 11) is -4.27. The van der Waals surface area contributed by atoms with Gasteiger partial charge >= 0.3 is 13.3 Å². The van der Waals surface area contributed by atoms with Crippen LogP contribution in [0.3, 0.4) is 0 Å². The Hall–Kier alpha value is -1.25. The molecule has 1 aromatic heterocycles. The first kappa shape index (κ1) is 14.8. The summed E-state index contributed by atoms with van der Waals surface area (Å²) in [6.07, 6.45) is 0.549. The first-order valence-electron chi connectivity index (χ1n) is 4.91. The normalized spacial score (nSPS) is 13.5. The van der Waals surface area contributed by atoms with Gasteiger partial charge in [-0.15, -0.1) is 0 Å². The molecule has 0 aliphatic rings. The van der Waals surface area contributed by atoms with Crippen molar-refractivity contribution in [3.8, 4) is 0 Å². The van der Waals surface area contributed by atoms with Gasteiger partial charge in [0.2, 0.25) is 0 Å². The van der Waals surface area contributed by atoms with E-state index in [2.05, 4.69) is 4.98 Å². The van der Waals surface area contributed by atoms with Gasteiger partial charge in [-0.3, -0.25) is 9.13 Å². The van der Waals surface area contributed by atoms with Gasteiger partial charge in [0, 0.05) is 6.20 Å². The van der Waals surface area contributed by atoms with Crippen LogP contribution in [0.15, 0.2) is 17.1 Å². The smallest absolute Gasteiger partial charge is 0.350 e. The highest BCUT2D eigenvalue weighted by Crippen LogP contribution is 2.34. The van der Waals surface area contributed by atoms with Crippen molar-refractivity contribution in [1.29, 1.82) is 0 Å². The van der Waals surface area contributed by atoms with Crippen LogP contribution in [-0.4, -0.2) is 44.0 Å². The molecule has 5 N–H and O–H groups in total. The van der Waals surface area contributed by atoms with Crippen LogP contribution in [0, 0.1) is 0 Å². The van der Waals surface area contributed by atoms with Crippen molar-refractivity contribution < 1.29 is 24.2 Å². The Balaban J connectivity index is 2.72. The van der Waals surface area contributed by atoms with Crippen molar-refractivity contribution in [2.45, 2.75) is 6.04 Å². The van der Waals surface area contributed by atoms with Crippen LogP contribution in [0.1, 0.15) is 6.04 Å².